The molecule has 0 aliphatic carbocycles. The van der Waals surface area contributed by atoms with Crippen molar-refractivity contribution in [2.45, 2.75) is 13.8 Å². The molecule has 4 nitrogen and oxygen atoms in total. The number of carbonyl (C=O) groups excluding carboxylic acids is 1. The largest absolute Gasteiger partial charge is 0.311 e. The normalized spacial score (nSPS) is 9.40. The molecule has 0 atom stereocenters. The maximum atomic E-state index is 10.4. The number of aromatic amines is 1. The van der Waals surface area contributed by atoms with E-state index >= 15 is 0 Å². The summed E-state index contributed by atoms with van der Waals surface area (Å²) < 4.78 is 0. The molecule has 1 aromatic rings. The van der Waals surface area contributed by atoms with Gasteiger partial charge in [-0.25, -0.2) is 0 Å². The number of H-pyrrole nitrogens is 1. The van der Waals surface area contributed by atoms with Crippen LogP contribution in [0.15, 0.2) is 0 Å². The van der Waals surface area contributed by atoms with Crippen LogP contribution in [0.1, 0.15) is 12.6 Å². The van der Waals surface area contributed by atoms with Crippen LogP contribution >= 0.6 is 0 Å². The predicted molar refractivity (Wildman–Crippen MR) is 36.5 cm³/mol. The molecule has 0 aliphatic heterocycles. The standard InChI is InChI=1S/C6H8N3O/c1-4-3-6(9-8-4)7-5(2)10/h1-2H3,(H2,7,8,9,10). The summed E-state index contributed by atoms with van der Waals surface area (Å²) in [6, 6.07) is 2.81. The van der Waals surface area contributed by atoms with Gasteiger partial charge in [0.25, 0.3) is 0 Å². The van der Waals surface area contributed by atoms with E-state index in [2.05, 4.69) is 21.6 Å². The second-order valence-electron chi connectivity index (χ2n) is 1.99. The average molecular weight is 138 g/mol. The fourth-order valence-corrected chi connectivity index (χ4v) is 0.612. The number of aromatic nitrogens is 2. The lowest BCUT2D eigenvalue weighted by atomic mass is 10.5. The van der Waals surface area contributed by atoms with Gasteiger partial charge in [-0.3, -0.25) is 9.89 Å². The van der Waals surface area contributed by atoms with Gasteiger partial charge in [0.15, 0.2) is 0 Å². The highest BCUT2D eigenvalue weighted by Gasteiger charge is 1.97. The fraction of sp³-hybridized carbons (Fsp3) is 0.333. The highest BCUT2D eigenvalue weighted by molar-refractivity contribution is 5.87. The number of carbonyl (C=O) groups is 1. The SMILES string of the molecule is CC(=O)Nc1[c]c(C)n[nH]1. The summed E-state index contributed by atoms with van der Waals surface area (Å²) in [7, 11) is 0. The Balaban J connectivity index is 2.67. The highest BCUT2D eigenvalue weighted by atomic mass is 16.1. The van der Waals surface area contributed by atoms with Crippen molar-refractivity contribution >= 4 is 11.7 Å². The van der Waals surface area contributed by atoms with Gasteiger partial charge in [-0.15, -0.1) is 0 Å². The van der Waals surface area contributed by atoms with Crippen molar-refractivity contribution in [3.05, 3.63) is 11.8 Å². The van der Waals surface area contributed by atoms with Gasteiger partial charge >= 0.3 is 0 Å². The quantitative estimate of drug-likeness (QED) is 0.592. The monoisotopic (exact) mass is 138 g/mol. The van der Waals surface area contributed by atoms with Crippen LogP contribution in [0.3, 0.4) is 0 Å². The van der Waals surface area contributed by atoms with Crippen molar-refractivity contribution in [1.82, 2.24) is 10.2 Å². The highest BCUT2D eigenvalue weighted by Crippen LogP contribution is 2.00. The van der Waals surface area contributed by atoms with E-state index in [1.807, 2.05) is 0 Å². The molecule has 1 heterocycles. The minimum Gasteiger partial charge on any atom is -0.311 e. The molecule has 0 aliphatic rings. The van der Waals surface area contributed by atoms with Gasteiger partial charge in [-0.2, -0.15) is 5.10 Å². The summed E-state index contributed by atoms with van der Waals surface area (Å²) in [4.78, 5) is 10.4. The zero-order valence-corrected chi connectivity index (χ0v) is 5.86. The van der Waals surface area contributed by atoms with Gasteiger partial charge in [0, 0.05) is 6.92 Å². The number of hydrogen-bond acceptors (Lipinski definition) is 2. The Bertz CT molecular complexity index is 241. The van der Waals surface area contributed by atoms with Crippen molar-refractivity contribution < 1.29 is 4.79 Å². The first-order chi connectivity index (χ1) is 4.68. The second-order valence-corrected chi connectivity index (χ2v) is 1.99. The van der Waals surface area contributed by atoms with E-state index < -0.39 is 0 Å². The van der Waals surface area contributed by atoms with Crippen molar-refractivity contribution in [2.24, 2.45) is 0 Å². The van der Waals surface area contributed by atoms with Gasteiger partial charge in [-0.1, -0.05) is 0 Å². The minimum atomic E-state index is -0.125. The Kier molecular flexibility index (Phi) is 1.71. The first-order valence-corrected chi connectivity index (χ1v) is 2.90. The van der Waals surface area contributed by atoms with Crippen LogP contribution < -0.4 is 5.32 Å². The Morgan fingerprint density at radius 2 is 2.50 bits per heavy atom. The Morgan fingerprint density at radius 3 is 2.90 bits per heavy atom. The maximum absolute atomic E-state index is 10.4. The van der Waals surface area contributed by atoms with E-state index in [0.29, 0.717) is 5.82 Å². The van der Waals surface area contributed by atoms with Crippen LogP contribution in [-0.4, -0.2) is 16.1 Å². The lowest BCUT2D eigenvalue weighted by Crippen LogP contribution is -2.05. The number of rotatable bonds is 1. The van der Waals surface area contributed by atoms with Crippen LogP contribution in [-0.2, 0) is 4.79 Å². The third-order valence-electron chi connectivity index (χ3n) is 0.942. The lowest BCUT2D eigenvalue weighted by molar-refractivity contribution is -0.114. The molecule has 0 bridgehead atoms. The van der Waals surface area contributed by atoms with Crippen molar-refractivity contribution in [3.63, 3.8) is 0 Å². The topological polar surface area (TPSA) is 57.8 Å². The number of hydrogen-bond donors (Lipinski definition) is 2. The van der Waals surface area contributed by atoms with Gasteiger partial charge in [0.1, 0.15) is 5.82 Å². The molecule has 1 amide bonds. The van der Waals surface area contributed by atoms with E-state index in [4.69, 9.17) is 0 Å². The lowest BCUT2D eigenvalue weighted by Gasteiger charge is -1.92. The average Bonchev–Trinajstić information content (AvgIpc) is 2.13. The van der Waals surface area contributed by atoms with Crippen molar-refractivity contribution in [3.8, 4) is 0 Å². The summed E-state index contributed by atoms with van der Waals surface area (Å²) in [6.45, 7) is 3.23. The van der Waals surface area contributed by atoms with Gasteiger partial charge < -0.3 is 5.32 Å². The zero-order chi connectivity index (χ0) is 7.56. The number of nitrogens with one attached hydrogen (secondary N) is 2. The molecule has 0 aromatic carbocycles. The summed E-state index contributed by atoms with van der Waals surface area (Å²) in [5.41, 5.74) is 0.740. The van der Waals surface area contributed by atoms with Gasteiger partial charge in [-0.05, 0) is 6.92 Å². The van der Waals surface area contributed by atoms with Crippen molar-refractivity contribution in [1.29, 1.82) is 0 Å². The summed E-state index contributed by atoms with van der Waals surface area (Å²) in [5.74, 6) is 0.393. The third-order valence-corrected chi connectivity index (χ3v) is 0.942. The molecular weight excluding hydrogens is 130 g/mol. The molecule has 53 valence electrons. The van der Waals surface area contributed by atoms with Crippen LogP contribution in [0.25, 0.3) is 0 Å². The molecule has 4 heteroatoms. The van der Waals surface area contributed by atoms with E-state index in [9.17, 15) is 4.79 Å². The summed E-state index contributed by atoms with van der Waals surface area (Å²) in [5, 5.41) is 8.89. The smallest absolute Gasteiger partial charge is 0.222 e. The molecular formula is C6H8N3O. The Labute approximate surface area is 58.6 Å². The Hall–Kier alpha value is -1.32. The van der Waals surface area contributed by atoms with Crippen LogP contribution in [0.2, 0.25) is 0 Å². The molecule has 1 radical (unpaired) electrons. The molecule has 10 heavy (non-hydrogen) atoms. The third kappa shape index (κ3) is 1.58. The van der Waals surface area contributed by atoms with Crippen molar-refractivity contribution in [2.75, 3.05) is 5.32 Å². The number of aryl methyl sites for hydroxylation is 1. The zero-order valence-electron chi connectivity index (χ0n) is 5.86. The fourth-order valence-electron chi connectivity index (χ4n) is 0.612. The first-order valence-electron chi connectivity index (χ1n) is 2.90. The first kappa shape index (κ1) is 6.80. The molecule has 0 saturated heterocycles. The number of amides is 1. The van der Waals surface area contributed by atoms with Crippen LogP contribution in [0.5, 0.6) is 0 Å². The molecule has 0 spiro atoms. The molecule has 0 fully saturated rings. The van der Waals surface area contributed by atoms with E-state index in [-0.39, 0.29) is 5.91 Å². The van der Waals surface area contributed by atoms with Gasteiger partial charge in [0.2, 0.25) is 5.91 Å². The molecule has 2 N–H and O–H groups in total. The summed E-state index contributed by atoms with van der Waals surface area (Å²) in [6.07, 6.45) is 0. The molecule has 1 rings (SSSR count). The second kappa shape index (κ2) is 2.51. The van der Waals surface area contributed by atoms with E-state index in [1.54, 1.807) is 6.92 Å². The summed E-state index contributed by atoms with van der Waals surface area (Å²) >= 11 is 0. The Morgan fingerprint density at radius 1 is 1.80 bits per heavy atom. The molecule has 0 saturated carbocycles. The van der Waals surface area contributed by atoms with Crippen LogP contribution in [0.4, 0.5) is 5.82 Å². The maximum Gasteiger partial charge on any atom is 0.222 e. The number of anilines is 1. The predicted octanol–water partition coefficient (Wildman–Crippen LogP) is 0.477. The molecule has 1 aromatic heterocycles. The number of nitrogens with zero attached hydrogens (tertiary/aromatic N) is 1. The molecule has 0 unspecified atom stereocenters. The van der Waals surface area contributed by atoms with Gasteiger partial charge in [0.05, 0.1) is 11.8 Å². The minimum absolute atomic E-state index is 0.125. The van der Waals surface area contributed by atoms with E-state index in [1.165, 1.54) is 6.92 Å². The van der Waals surface area contributed by atoms with E-state index in [0.717, 1.165) is 5.69 Å². The van der Waals surface area contributed by atoms with Crippen LogP contribution in [0, 0.1) is 13.0 Å².